The summed E-state index contributed by atoms with van der Waals surface area (Å²) in [4.78, 5) is 2.15. The van der Waals surface area contributed by atoms with Crippen LogP contribution < -0.4 is 9.47 Å². The first-order valence-electron chi connectivity index (χ1n) is 5.73. The molecule has 0 aliphatic carbocycles. The Morgan fingerprint density at radius 2 is 1.90 bits per heavy atom. The van der Waals surface area contributed by atoms with Gasteiger partial charge >= 0.3 is 5.13 Å². The Kier molecular flexibility index (Phi) is 5.46. The lowest BCUT2D eigenvalue weighted by Crippen LogP contribution is -2.33. The number of rotatable bonds is 2. The van der Waals surface area contributed by atoms with Gasteiger partial charge in [0, 0.05) is 0 Å². The summed E-state index contributed by atoms with van der Waals surface area (Å²) >= 11 is 1.84. The molecule has 1 aromatic heterocycles. The van der Waals surface area contributed by atoms with Gasteiger partial charge in [-0.05, 0) is 36.0 Å². The summed E-state index contributed by atoms with van der Waals surface area (Å²) in [6, 6.07) is 6.59. The number of anilines is 1. The predicted molar refractivity (Wildman–Crippen MR) is 78.8 cm³/mol. The van der Waals surface area contributed by atoms with Crippen molar-refractivity contribution in [2.75, 3.05) is 26.1 Å². The van der Waals surface area contributed by atoms with E-state index in [1.54, 1.807) is 0 Å². The fourth-order valence-corrected chi connectivity index (χ4v) is 2.81. The van der Waals surface area contributed by atoms with Gasteiger partial charge in [-0.2, -0.15) is 0 Å². The maximum atomic E-state index is 9.22. The van der Waals surface area contributed by atoms with E-state index in [2.05, 4.69) is 59.9 Å². The number of hydrogen-bond acceptors (Lipinski definition) is 6. The molecule has 0 aliphatic rings. The first kappa shape index (κ1) is 16.8. The quantitative estimate of drug-likeness (QED) is 0.472. The summed E-state index contributed by atoms with van der Waals surface area (Å²) < 4.78 is 34.6. The van der Waals surface area contributed by atoms with E-state index >= 15 is 0 Å². The molecule has 1 aromatic carbocycles. The molecule has 6 nitrogen and oxygen atoms in total. The first-order chi connectivity index (χ1) is 9.15. The topological polar surface area (TPSA) is 73.5 Å². The van der Waals surface area contributed by atoms with Crippen molar-refractivity contribution in [2.24, 2.45) is 7.05 Å². The van der Waals surface area contributed by atoms with E-state index in [1.807, 2.05) is 11.3 Å². The average Bonchev–Trinajstić information content (AvgIpc) is 2.66. The van der Waals surface area contributed by atoms with Gasteiger partial charge in [-0.3, -0.25) is 9.08 Å². The van der Waals surface area contributed by atoms with E-state index in [-0.39, 0.29) is 0 Å². The van der Waals surface area contributed by atoms with Gasteiger partial charge in [0.2, 0.25) is 10.4 Å². The average molecular weight is 318 g/mol. The van der Waals surface area contributed by atoms with Crippen LogP contribution >= 0.6 is 11.3 Å². The van der Waals surface area contributed by atoms with E-state index in [9.17, 15) is 13.0 Å². The van der Waals surface area contributed by atoms with Crippen molar-refractivity contribution in [2.45, 2.75) is 6.92 Å². The molecule has 0 unspecified atom stereocenters. The zero-order valence-electron chi connectivity index (χ0n) is 12.1. The van der Waals surface area contributed by atoms with Crippen LogP contribution in [0.1, 0.15) is 5.56 Å². The summed E-state index contributed by atoms with van der Waals surface area (Å²) in [5, 5.41) is 1.28. The standard InChI is InChI=1S/C11H15N2S.CH4O4S/c1-8-5-6-9-10(7-8)14-11(12(2)3)13(9)4;1-5-6(2,3)4/h5-7H,1-4H3;1H3,(H,2,3,4)/q+1;/p-1. The molecule has 2 rings (SSSR count). The zero-order valence-corrected chi connectivity index (χ0v) is 13.7. The second-order valence-electron chi connectivity index (χ2n) is 4.38. The van der Waals surface area contributed by atoms with Crippen LogP contribution in [0.2, 0.25) is 0 Å². The number of nitrogens with zero attached hydrogens (tertiary/aromatic N) is 2. The van der Waals surface area contributed by atoms with E-state index in [4.69, 9.17) is 0 Å². The van der Waals surface area contributed by atoms with E-state index in [0.29, 0.717) is 0 Å². The molecule has 0 amide bonds. The molecule has 20 heavy (non-hydrogen) atoms. The molecule has 0 bridgehead atoms. The van der Waals surface area contributed by atoms with Crippen molar-refractivity contribution in [1.82, 2.24) is 0 Å². The molecule has 0 N–H and O–H groups in total. The fourth-order valence-electron chi connectivity index (χ4n) is 1.64. The highest BCUT2D eigenvalue weighted by Gasteiger charge is 2.16. The highest BCUT2D eigenvalue weighted by molar-refractivity contribution is 7.80. The molecule has 0 aliphatic heterocycles. The summed E-state index contributed by atoms with van der Waals surface area (Å²) in [6.45, 7) is 2.13. The van der Waals surface area contributed by atoms with Gasteiger partial charge in [-0.15, -0.1) is 0 Å². The monoisotopic (exact) mass is 318 g/mol. The van der Waals surface area contributed by atoms with Gasteiger partial charge < -0.3 is 4.55 Å². The smallest absolute Gasteiger partial charge is 0.336 e. The van der Waals surface area contributed by atoms with Gasteiger partial charge in [-0.1, -0.05) is 6.07 Å². The molecule has 0 radical (unpaired) electrons. The Bertz CT molecular complexity index is 693. The van der Waals surface area contributed by atoms with Crippen LogP contribution in [-0.2, 0) is 21.6 Å². The lowest BCUT2D eigenvalue weighted by Gasteiger charge is -2.00. The van der Waals surface area contributed by atoms with E-state index < -0.39 is 10.4 Å². The predicted octanol–water partition coefficient (Wildman–Crippen LogP) is 1.19. The number of hydrogen-bond donors (Lipinski definition) is 0. The Morgan fingerprint density at radius 3 is 2.35 bits per heavy atom. The molecule has 0 spiro atoms. The largest absolute Gasteiger partial charge is 0.726 e. The number of benzene rings is 1. The first-order valence-corrected chi connectivity index (χ1v) is 7.88. The Morgan fingerprint density at radius 1 is 1.35 bits per heavy atom. The second kappa shape index (κ2) is 6.49. The molecule has 1 heterocycles. The van der Waals surface area contributed by atoms with Gasteiger partial charge in [0.25, 0.3) is 0 Å². The molecule has 0 fully saturated rings. The van der Waals surface area contributed by atoms with Crippen LogP contribution in [0, 0.1) is 6.92 Å². The van der Waals surface area contributed by atoms with E-state index in [1.165, 1.54) is 20.9 Å². The van der Waals surface area contributed by atoms with Crippen LogP contribution in [-0.4, -0.2) is 34.2 Å². The molecule has 0 atom stereocenters. The second-order valence-corrected chi connectivity index (χ2v) is 6.54. The van der Waals surface area contributed by atoms with E-state index in [0.717, 1.165) is 7.11 Å². The van der Waals surface area contributed by atoms with Crippen LogP contribution in [0.15, 0.2) is 18.2 Å². The molecule has 112 valence electrons. The van der Waals surface area contributed by atoms with Crippen LogP contribution in [0.25, 0.3) is 10.2 Å². The van der Waals surface area contributed by atoms with Crippen molar-refractivity contribution in [1.29, 1.82) is 0 Å². The summed E-state index contributed by atoms with van der Waals surface area (Å²) in [7, 11) is 2.67. The van der Waals surface area contributed by atoms with Crippen molar-refractivity contribution in [3.8, 4) is 0 Å². The fraction of sp³-hybridized carbons (Fsp3) is 0.417. The summed E-state index contributed by atoms with van der Waals surface area (Å²) in [5.41, 5.74) is 2.63. The lowest BCUT2D eigenvalue weighted by atomic mass is 10.2. The summed E-state index contributed by atoms with van der Waals surface area (Å²) in [5.74, 6) is 0. The van der Waals surface area contributed by atoms with Crippen LogP contribution in [0.5, 0.6) is 0 Å². The normalized spacial score (nSPS) is 11.1. The molecular formula is C12H18N2O4S2. The number of thiazole rings is 1. The minimum Gasteiger partial charge on any atom is -0.726 e. The molecule has 0 saturated carbocycles. The van der Waals surface area contributed by atoms with Crippen LogP contribution in [0.3, 0.4) is 0 Å². The molecule has 2 aromatic rings. The summed E-state index contributed by atoms with van der Waals surface area (Å²) in [6.07, 6.45) is 0. The van der Waals surface area contributed by atoms with Gasteiger partial charge in [-0.25, -0.2) is 13.0 Å². The Labute approximate surface area is 123 Å². The maximum Gasteiger partial charge on any atom is 0.336 e. The minimum atomic E-state index is -4.41. The highest BCUT2D eigenvalue weighted by atomic mass is 32.3. The van der Waals surface area contributed by atoms with Crippen molar-refractivity contribution in [3.63, 3.8) is 0 Å². The number of aryl methyl sites for hydroxylation is 2. The van der Waals surface area contributed by atoms with Gasteiger partial charge in [0.1, 0.15) is 5.52 Å². The van der Waals surface area contributed by atoms with Crippen molar-refractivity contribution in [3.05, 3.63) is 23.8 Å². The Hall–Kier alpha value is -1.22. The third kappa shape index (κ3) is 4.41. The zero-order chi connectivity index (χ0) is 15.5. The minimum absolute atomic E-state index is 0.808. The van der Waals surface area contributed by atoms with Crippen LogP contribution in [0.4, 0.5) is 5.13 Å². The molecule has 0 saturated heterocycles. The number of fused-ring (bicyclic) bond motifs is 1. The molecule has 8 heteroatoms. The highest BCUT2D eigenvalue weighted by Crippen LogP contribution is 2.25. The maximum absolute atomic E-state index is 9.22. The third-order valence-corrected chi connectivity index (χ3v) is 4.33. The van der Waals surface area contributed by atoms with Crippen molar-refractivity contribution >= 4 is 37.1 Å². The van der Waals surface area contributed by atoms with Gasteiger partial charge in [0.05, 0.1) is 33.0 Å². The Balaban J connectivity index is 0.000000286. The molecular weight excluding hydrogens is 300 g/mol. The van der Waals surface area contributed by atoms with Crippen molar-refractivity contribution < 1.29 is 21.7 Å². The van der Waals surface area contributed by atoms with Gasteiger partial charge in [0.15, 0.2) is 0 Å². The lowest BCUT2D eigenvalue weighted by molar-refractivity contribution is -0.628. The number of aromatic nitrogens is 1. The SMILES string of the molecule is COS(=O)(=O)[O-].Cc1ccc2c(c1)sc(N(C)C)[n+]2C. The third-order valence-electron chi connectivity index (χ3n) is 2.55.